The summed E-state index contributed by atoms with van der Waals surface area (Å²) >= 11 is 3.49. The highest BCUT2D eigenvalue weighted by molar-refractivity contribution is 9.09. The van der Waals surface area contributed by atoms with E-state index < -0.39 is 0 Å². The summed E-state index contributed by atoms with van der Waals surface area (Å²) in [5.41, 5.74) is 1.43. The molecule has 0 aliphatic rings. The Morgan fingerprint density at radius 2 is 1.10 bits per heavy atom. The Bertz CT molecular complexity index is 300. The van der Waals surface area contributed by atoms with Crippen LogP contribution in [0.3, 0.4) is 0 Å². The molecule has 0 fully saturated rings. The minimum atomic E-state index is 1.17. The van der Waals surface area contributed by atoms with E-state index in [1.807, 2.05) is 12.4 Å². The van der Waals surface area contributed by atoms with E-state index in [1.165, 1.54) is 87.9 Å². The van der Waals surface area contributed by atoms with Gasteiger partial charge in [-0.15, -0.1) is 0 Å². The number of halogens is 1. The van der Waals surface area contributed by atoms with Gasteiger partial charge < -0.3 is 0 Å². The number of alkyl halides is 1. The predicted molar refractivity (Wildman–Crippen MR) is 92.5 cm³/mol. The van der Waals surface area contributed by atoms with Gasteiger partial charge in [-0.2, -0.15) is 0 Å². The molecule has 0 saturated heterocycles. The number of rotatable bonds is 13. The summed E-state index contributed by atoms with van der Waals surface area (Å²) in [6.45, 7) is 0. The van der Waals surface area contributed by atoms with Crippen molar-refractivity contribution in [1.29, 1.82) is 0 Å². The van der Waals surface area contributed by atoms with Gasteiger partial charge in [-0.1, -0.05) is 73.7 Å². The van der Waals surface area contributed by atoms with E-state index in [0.29, 0.717) is 0 Å². The van der Waals surface area contributed by atoms with Crippen molar-refractivity contribution in [2.24, 2.45) is 0 Å². The second-order valence-corrected chi connectivity index (χ2v) is 6.48. The summed E-state index contributed by atoms with van der Waals surface area (Å²) in [7, 11) is 0. The first-order chi connectivity index (χ1) is 9.93. The third-order valence-corrected chi connectivity index (χ3v) is 4.41. The fourth-order valence-electron chi connectivity index (χ4n) is 2.56. The molecule has 0 amide bonds. The summed E-state index contributed by atoms with van der Waals surface area (Å²) in [5.74, 6) is 0. The second kappa shape index (κ2) is 13.6. The number of unbranched alkanes of at least 4 members (excludes halogenated alkanes) is 10. The Morgan fingerprint density at radius 3 is 1.60 bits per heavy atom. The molecule has 0 bridgehead atoms. The normalized spacial score (nSPS) is 10.8. The molecule has 1 rings (SSSR count). The zero-order chi connectivity index (χ0) is 14.3. The molecule has 0 unspecified atom stereocenters. The average molecular weight is 340 g/mol. The van der Waals surface area contributed by atoms with Gasteiger partial charge in [0.2, 0.25) is 0 Å². The minimum Gasteiger partial charge on any atom is -0.265 e. The Labute approximate surface area is 133 Å². The lowest BCUT2D eigenvalue weighted by atomic mass is 10.0. The van der Waals surface area contributed by atoms with Gasteiger partial charge in [0.1, 0.15) is 0 Å². The molecule has 0 aliphatic heterocycles. The Hall–Kier alpha value is -0.370. The van der Waals surface area contributed by atoms with Crippen LogP contribution in [0.15, 0.2) is 24.5 Å². The maximum atomic E-state index is 4.05. The van der Waals surface area contributed by atoms with E-state index in [2.05, 4.69) is 33.0 Å². The Balaban J connectivity index is 1.77. The number of hydrogen-bond acceptors (Lipinski definition) is 1. The fraction of sp³-hybridized carbons (Fsp3) is 0.722. The van der Waals surface area contributed by atoms with Crippen molar-refractivity contribution in [3.63, 3.8) is 0 Å². The van der Waals surface area contributed by atoms with Crippen molar-refractivity contribution >= 4 is 15.9 Å². The van der Waals surface area contributed by atoms with Gasteiger partial charge in [0, 0.05) is 17.7 Å². The number of aryl methyl sites for hydroxylation is 1. The van der Waals surface area contributed by atoms with Gasteiger partial charge in [-0.3, -0.25) is 4.98 Å². The molecule has 2 heteroatoms. The molecular formula is C18H30BrN. The standard InChI is InChI=1S/C18H30BrN/c19-15-11-9-7-5-3-1-2-4-6-8-10-12-18-13-16-20-17-14-18/h13-14,16-17H,1-12,15H2. The second-order valence-electron chi connectivity index (χ2n) is 5.68. The fourth-order valence-corrected chi connectivity index (χ4v) is 2.96. The van der Waals surface area contributed by atoms with Crippen LogP contribution in [-0.4, -0.2) is 10.3 Å². The Kier molecular flexibility index (Phi) is 12.0. The maximum absolute atomic E-state index is 4.05. The van der Waals surface area contributed by atoms with Crippen LogP contribution in [0.5, 0.6) is 0 Å². The molecule has 114 valence electrons. The van der Waals surface area contributed by atoms with Crippen LogP contribution in [0.2, 0.25) is 0 Å². The first-order valence-electron chi connectivity index (χ1n) is 8.38. The van der Waals surface area contributed by atoms with Crippen LogP contribution in [-0.2, 0) is 6.42 Å². The third-order valence-electron chi connectivity index (χ3n) is 3.85. The molecule has 0 saturated carbocycles. The molecule has 1 aromatic heterocycles. The summed E-state index contributed by atoms with van der Waals surface area (Å²) in [5, 5.41) is 1.17. The highest BCUT2D eigenvalue weighted by Gasteiger charge is 1.95. The zero-order valence-electron chi connectivity index (χ0n) is 12.8. The number of nitrogens with zero attached hydrogens (tertiary/aromatic N) is 1. The SMILES string of the molecule is BrCCCCCCCCCCCCCc1ccncc1. The van der Waals surface area contributed by atoms with Crippen molar-refractivity contribution in [2.75, 3.05) is 5.33 Å². The maximum Gasteiger partial charge on any atom is 0.0270 e. The summed E-state index contributed by atoms with van der Waals surface area (Å²) in [6.07, 6.45) is 20.5. The molecule has 0 N–H and O–H groups in total. The van der Waals surface area contributed by atoms with Crippen molar-refractivity contribution < 1.29 is 0 Å². The lowest BCUT2D eigenvalue weighted by molar-refractivity contribution is 0.550. The van der Waals surface area contributed by atoms with Crippen LogP contribution in [0.25, 0.3) is 0 Å². The van der Waals surface area contributed by atoms with Crippen molar-refractivity contribution in [3.8, 4) is 0 Å². The first-order valence-corrected chi connectivity index (χ1v) is 9.50. The van der Waals surface area contributed by atoms with Crippen LogP contribution >= 0.6 is 15.9 Å². The summed E-state index contributed by atoms with van der Waals surface area (Å²) < 4.78 is 0. The van der Waals surface area contributed by atoms with Crippen molar-refractivity contribution in [1.82, 2.24) is 4.98 Å². The van der Waals surface area contributed by atoms with Crippen molar-refractivity contribution in [2.45, 2.75) is 77.0 Å². The quantitative estimate of drug-likeness (QED) is 0.303. The Morgan fingerprint density at radius 1 is 0.650 bits per heavy atom. The molecule has 1 heterocycles. The molecule has 0 spiro atoms. The van der Waals surface area contributed by atoms with Crippen LogP contribution < -0.4 is 0 Å². The molecule has 0 aliphatic carbocycles. The van der Waals surface area contributed by atoms with Gasteiger partial charge in [0.25, 0.3) is 0 Å². The first kappa shape index (κ1) is 17.7. The van der Waals surface area contributed by atoms with Gasteiger partial charge >= 0.3 is 0 Å². The van der Waals surface area contributed by atoms with Crippen LogP contribution in [0.1, 0.15) is 76.2 Å². The molecular weight excluding hydrogens is 310 g/mol. The van der Waals surface area contributed by atoms with Crippen LogP contribution in [0.4, 0.5) is 0 Å². The van der Waals surface area contributed by atoms with Crippen molar-refractivity contribution in [3.05, 3.63) is 30.1 Å². The predicted octanol–water partition coefficient (Wildman–Crippen LogP) is 6.31. The lowest BCUT2D eigenvalue weighted by Gasteiger charge is -2.03. The summed E-state index contributed by atoms with van der Waals surface area (Å²) in [4.78, 5) is 4.05. The molecule has 0 aromatic carbocycles. The van der Waals surface area contributed by atoms with Crippen LogP contribution in [0, 0.1) is 0 Å². The van der Waals surface area contributed by atoms with Gasteiger partial charge in [0.05, 0.1) is 0 Å². The van der Waals surface area contributed by atoms with E-state index in [0.717, 1.165) is 0 Å². The molecule has 1 aromatic rings. The zero-order valence-corrected chi connectivity index (χ0v) is 14.4. The molecule has 20 heavy (non-hydrogen) atoms. The van der Waals surface area contributed by atoms with E-state index >= 15 is 0 Å². The van der Waals surface area contributed by atoms with E-state index in [-0.39, 0.29) is 0 Å². The van der Waals surface area contributed by atoms with Gasteiger partial charge in [-0.25, -0.2) is 0 Å². The smallest absolute Gasteiger partial charge is 0.0270 e. The molecule has 0 radical (unpaired) electrons. The monoisotopic (exact) mass is 339 g/mol. The minimum absolute atomic E-state index is 1.17. The molecule has 0 atom stereocenters. The molecule has 1 nitrogen and oxygen atoms in total. The van der Waals surface area contributed by atoms with E-state index in [9.17, 15) is 0 Å². The van der Waals surface area contributed by atoms with Gasteiger partial charge in [-0.05, 0) is 37.0 Å². The largest absolute Gasteiger partial charge is 0.265 e. The highest BCUT2D eigenvalue weighted by atomic mass is 79.9. The lowest BCUT2D eigenvalue weighted by Crippen LogP contribution is -1.87. The topological polar surface area (TPSA) is 12.9 Å². The number of hydrogen-bond donors (Lipinski definition) is 0. The van der Waals surface area contributed by atoms with E-state index in [4.69, 9.17) is 0 Å². The number of pyridine rings is 1. The average Bonchev–Trinajstić information content (AvgIpc) is 2.49. The third kappa shape index (κ3) is 10.4. The number of aromatic nitrogens is 1. The van der Waals surface area contributed by atoms with E-state index in [1.54, 1.807) is 0 Å². The summed E-state index contributed by atoms with van der Waals surface area (Å²) in [6, 6.07) is 4.27. The van der Waals surface area contributed by atoms with Gasteiger partial charge in [0.15, 0.2) is 0 Å². The highest BCUT2D eigenvalue weighted by Crippen LogP contribution is 2.12.